The number of ether oxygens (including phenoxy) is 2. The molecule has 0 aliphatic carbocycles. The van der Waals surface area contributed by atoms with Crippen LogP contribution in [0.2, 0.25) is 0 Å². The predicted molar refractivity (Wildman–Crippen MR) is 90.7 cm³/mol. The lowest BCUT2D eigenvalue weighted by Gasteiger charge is -2.09. The summed E-state index contributed by atoms with van der Waals surface area (Å²) in [5.74, 6) is -0.543. The lowest BCUT2D eigenvalue weighted by atomic mass is 10.3. The minimum atomic E-state index is -0.503. The lowest BCUT2D eigenvalue weighted by Crippen LogP contribution is -2.26. The number of hydrogen-bond acceptors (Lipinski definition) is 6. The van der Waals surface area contributed by atoms with Gasteiger partial charge in [0.25, 0.3) is 11.5 Å². The van der Waals surface area contributed by atoms with Gasteiger partial charge >= 0.3 is 5.97 Å². The van der Waals surface area contributed by atoms with E-state index in [0.717, 1.165) is 6.42 Å². The van der Waals surface area contributed by atoms with Crippen molar-refractivity contribution in [3.05, 3.63) is 52.4 Å². The average molecular weight is 345 g/mol. The summed E-state index contributed by atoms with van der Waals surface area (Å²) in [5, 5.41) is 6.73. The number of methoxy groups -OCH3 is 1. The van der Waals surface area contributed by atoms with Gasteiger partial charge in [-0.1, -0.05) is 13.0 Å². The van der Waals surface area contributed by atoms with Crippen molar-refractivity contribution in [3.8, 4) is 5.75 Å². The number of benzene rings is 1. The second kappa shape index (κ2) is 8.62. The first-order valence-corrected chi connectivity index (χ1v) is 7.72. The van der Waals surface area contributed by atoms with Crippen LogP contribution in [0.3, 0.4) is 0 Å². The number of aromatic nitrogens is 2. The van der Waals surface area contributed by atoms with Crippen LogP contribution in [0.15, 0.2) is 41.2 Å². The van der Waals surface area contributed by atoms with Crippen molar-refractivity contribution >= 4 is 17.6 Å². The zero-order valence-electron chi connectivity index (χ0n) is 14.0. The summed E-state index contributed by atoms with van der Waals surface area (Å²) in [6.07, 6.45) is 0.734. The zero-order valence-corrected chi connectivity index (χ0v) is 14.0. The summed E-state index contributed by atoms with van der Waals surface area (Å²) in [6.45, 7) is 2.13. The van der Waals surface area contributed by atoms with Crippen molar-refractivity contribution in [3.63, 3.8) is 0 Å². The Hall–Kier alpha value is -3.16. The molecule has 0 saturated heterocycles. The van der Waals surface area contributed by atoms with Gasteiger partial charge in [0.15, 0.2) is 6.61 Å². The molecule has 2 aromatic rings. The molecule has 0 bridgehead atoms. The summed E-state index contributed by atoms with van der Waals surface area (Å²) in [4.78, 5) is 35.0. The van der Waals surface area contributed by atoms with Crippen molar-refractivity contribution in [2.24, 2.45) is 0 Å². The highest BCUT2D eigenvalue weighted by Crippen LogP contribution is 2.17. The maximum absolute atomic E-state index is 12.3. The molecule has 8 nitrogen and oxygen atoms in total. The summed E-state index contributed by atoms with van der Waals surface area (Å²) in [7, 11) is 1.27. The van der Waals surface area contributed by atoms with Gasteiger partial charge in [-0.2, -0.15) is 5.10 Å². The molecule has 8 heteroatoms. The summed E-state index contributed by atoms with van der Waals surface area (Å²) in [6, 6.07) is 9.26. The van der Waals surface area contributed by atoms with E-state index >= 15 is 0 Å². The number of nitrogens with zero attached hydrogens (tertiary/aromatic N) is 2. The number of hydrogen-bond donors (Lipinski definition) is 1. The summed E-state index contributed by atoms with van der Waals surface area (Å²) in [5.41, 5.74) is 0.355. The number of amides is 1. The van der Waals surface area contributed by atoms with Crippen molar-refractivity contribution < 1.29 is 19.1 Å². The van der Waals surface area contributed by atoms with E-state index in [1.165, 1.54) is 23.9 Å². The minimum Gasteiger partial charge on any atom is -0.482 e. The second-order valence-electron chi connectivity index (χ2n) is 5.13. The quantitative estimate of drug-likeness (QED) is 0.763. The third-order valence-electron chi connectivity index (χ3n) is 3.21. The maximum atomic E-state index is 12.3. The van der Waals surface area contributed by atoms with E-state index in [1.807, 2.05) is 6.92 Å². The Balaban J connectivity index is 2.09. The number of carbonyl (C=O) groups is 2. The first-order chi connectivity index (χ1) is 12.0. The van der Waals surface area contributed by atoms with Gasteiger partial charge in [0, 0.05) is 24.4 Å². The molecule has 1 aromatic carbocycles. The maximum Gasteiger partial charge on any atom is 0.343 e. The lowest BCUT2D eigenvalue weighted by molar-refractivity contribution is -0.142. The van der Waals surface area contributed by atoms with Crippen LogP contribution < -0.4 is 15.6 Å². The number of anilines is 1. The second-order valence-corrected chi connectivity index (χ2v) is 5.13. The normalized spacial score (nSPS) is 10.2. The Morgan fingerprint density at radius 1 is 1.24 bits per heavy atom. The molecule has 0 aliphatic rings. The van der Waals surface area contributed by atoms with Crippen LogP contribution in [0.5, 0.6) is 5.75 Å². The predicted octanol–water partition coefficient (Wildman–Crippen LogP) is 1.46. The Bertz CT molecular complexity index is 816. The van der Waals surface area contributed by atoms with Crippen molar-refractivity contribution in [1.29, 1.82) is 0 Å². The Kier molecular flexibility index (Phi) is 6.27. The summed E-state index contributed by atoms with van der Waals surface area (Å²) >= 11 is 0. The van der Waals surface area contributed by atoms with Crippen LogP contribution in [-0.2, 0) is 16.1 Å². The highest BCUT2D eigenvalue weighted by molar-refractivity contribution is 6.02. The molecule has 1 N–H and O–H groups in total. The fourth-order valence-electron chi connectivity index (χ4n) is 2.00. The van der Waals surface area contributed by atoms with Crippen molar-refractivity contribution in [1.82, 2.24) is 9.78 Å². The molecule has 1 amide bonds. The number of rotatable bonds is 7. The molecule has 0 aliphatic heterocycles. The molecular weight excluding hydrogens is 326 g/mol. The number of aryl methyl sites for hydroxylation is 1. The molecule has 132 valence electrons. The molecule has 1 aromatic heterocycles. The van der Waals surface area contributed by atoms with E-state index < -0.39 is 11.9 Å². The number of nitrogens with one attached hydrogen (secondary N) is 1. The number of carbonyl (C=O) groups excluding carboxylic acids is 2. The van der Waals surface area contributed by atoms with Crippen molar-refractivity contribution in [2.45, 2.75) is 19.9 Å². The van der Waals surface area contributed by atoms with Gasteiger partial charge in [0.1, 0.15) is 11.4 Å². The Morgan fingerprint density at radius 2 is 2.04 bits per heavy atom. The average Bonchev–Trinajstić information content (AvgIpc) is 2.62. The molecule has 0 spiro atoms. The van der Waals surface area contributed by atoms with Crippen LogP contribution in [0.4, 0.5) is 5.69 Å². The highest BCUT2D eigenvalue weighted by Gasteiger charge is 2.11. The van der Waals surface area contributed by atoms with Gasteiger partial charge in [0.05, 0.1) is 7.11 Å². The molecule has 2 rings (SSSR count). The third kappa shape index (κ3) is 5.17. The van der Waals surface area contributed by atoms with Crippen LogP contribution in [0.25, 0.3) is 0 Å². The van der Waals surface area contributed by atoms with Crippen molar-refractivity contribution in [2.75, 3.05) is 19.0 Å². The molecule has 0 unspecified atom stereocenters. The molecule has 0 saturated carbocycles. The molecular formula is C17H19N3O5. The van der Waals surface area contributed by atoms with Gasteiger partial charge in [0.2, 0.25) is 0 Å². The highest BCUT2D eigenvalue weighted by atomic mass is 16.6. The molecule has 1 heterocycles. The topological polar surface area (TPSA) is 99.5 Å². The zero-order chi connectivity index (χ0) is 18.2. The monoisotopic (exact) mass is 345 g/mol. The van der Waals surface area contributed by atoms with Gasteiger partial charge in [-0.05, 0) is 24.6 Å². The van der Waals surface area contributed by atoms with E-state index in [1.54, 1.807) is 24.3 Å². The van der Waals surface area contributed by atoms with Gasteiger partial charge in [-0.3, -0.25) is 9.59 Å². The third-order valence-corrected chi connectivity index (χ3v) is 3.21. The Labute approximate surface area is 144 Å². The first kappa shape index (κ1) is 18.2. The van der Waals surface area contributed by atoms with E-state index in [0.29, 0.717) is 18.0 Å². The molecule has 0 radical (unpaired) electrons. The van der Waals surface area contributed by atoms with Gasteiger partial charge < -0.3 is 14.8 Å². The molecule has 0 fully saturated rings. The standard InChI is InChI=1S/C17H19N3O5/c1-3-9-20-15(21)8-7-14(19-20)17(23)18-12-5-4-6-13(10-12)25-11-16(22)24-2/h4-8,10H,3,9,11H2,1-2H3,(H,18,23). The van der Waals surface area contributed by atoms with Gasteiger partial charge in [-0.25, -0.2) is 9.48 Å². The van der Waals surface area contributed by atoms with Crippen LogP contribution in [0.1, 0.15) is 23.8 Å². The first-order valence-electron chi connectivity index (χ1n) is 7.72. The fraction of sp³-hybridized carbons (Fsp3) is 0.294. The largest absolute Gasteiger partial charge is 0.482 e. The van der Waals surface area contributed by atoms with E-state index in [-0.39, 0.29) is 17.9 Å². The van der Waals surface area contributed by atoms with Crippen LogP contribution in [0, 0.1) is 0 Å². The Morgan fingerprint density at radius 3 is 2.76 bits per heavy atom. The smallest absolute Gasteiger partial charge is 0.343 e. The molecule has 0 atom stereocenters. The summed E-state index contributed by atoms with van der Waals surface area (Å²) < 4.78 is 11.0. The van der Waals surface area contributed by atoms with Gasteiger partial charge in [-0.15, -0.1) is 0 Å². The van der Waals surface area contributed by atoms with Crippen LogP contribution >= 0.6 is 0 Å². The minimum absolute atomic E-state index is 0.133. The van der Waals surface area contributed by atoms with Crippen LogP contribution in [-0.4, -0.2) is 35.4 Å². The SMILES string of the molecule is CCCn1nc(C(=O)Nc2cccc(OCC(=O)OC)c2)ccc1=O. The fourth-order valence-corrected chi connectivity index (χ4v) is 2.00. The van der Waals surface area contributed by atoms with E-state index in [2.05, 4.69) is 15.2 Å². The number of esters is 1. The van der Waals surface area contributed by atoms with E-state index in [9.17, 15) is 14.4 Å². The molecule has 25 heavy (non-hydrogen) atoms. The van der Waals surface area contributed by atoms with E-state index in [4.69, 9.17) is 4.74 Å².